The minimum atomic E-state index is -0.921. The fourth-order valence-corrected chi connectivity index (χ4v) is 9.15. The van der Waals surface area contributed by atoms with Gasteiger partial charge in [0.2, 0.25) is 0 Å². The molecule has 10 nitrogen and oxygen atoms in total. The van der Waals surface area contributed by atoms with Gasteiger partial charge in [-0.1, -0.05) is 55.3 Å². The van der Waals surface area contributed by atoms with Crippen molar-refractivity contribution in [1.82, 2.24) is 5.32 Å². The summed E-state index contributed by atoms with van der Waals surface area (Å²) in [6.07, 6.45) is 7.92. The zero-order valence-electron chi connectivity index (χ0n) is 30.5. The number of benzene rings is 3. The van der Waals surface area contributed by atoms with Gasteiger partial charge in [-0.05, 0) is 61.4 Å². The van der Waals surface area contributed by atoms with Gasteiger partial charge in [0.15, 0.2) is 6.61 Å². The Labute approximate surface area is 307 Å². The molecule has 2 bridgehead atoms. The highest BCUT2D eigenvalue weighted by Crippen LogP contribution is 2.43. The first kappa shape index (κ1) is 36.7. The van der Waals surface area contributed by atoms with Gasteiger partial charge in [0.1, 0.15) is 35.5 Å². The molecule has 3 saturated heterocycles. The number of phenolic OH excluding ortho intramolecular Hbond substituents is 1. The van der Waals surface area contributed by atoms with E-state index in [1.165, 1.54) is 50.9 Å². The fourth-order valence-electron chi connectivity index (χ4n) is 9.15. The topological polar surface area (TPSA) is 130 Å². The van der Waals surface area contributed by atoms with E-state index in [2.05, 4.69) is 41.8 Å². The maximum Gasteiger partial charge on any atom is 0.262 e. The molecule has 0 spiro atoms. The van der Waals surface area contributed by atoms with Crippen LogP contribution >= 0.6 is 0 Å². The lowest BCUT2D eigenvalue weighted by Crippen LogP contribution is -2.65. The lowest BCUT2D eigenvalue weighted by Gasteiger charge is -2.53. The van der Waals surface area contributed by atoms with Gasteiger partial charge < -0.3 is 44.6 Å². The second-order valence-electron chi connectivity index (χ2n) is 15.8. The molecule has 4 aliphatic heterocycles. The van der Waals surface area contributed by atoms with E-state index >= 15 is 0 Å². The van der Waals surface area contributed by atoms with Crippen LogP contribution < -0.4 is 20.1 Å². The number of phenols is 1. The number of aromatic hydroxyl groups is 1. The standard InChI is InChI=1S/C42H55N3O7/c1-29(43-25-38(47)36-23-34(46)24-37-41(36)51-27-40(48)44-37)22-30-12-14-35(15-13-30)50-21-7-18-45-19-16-31(17-20-45)39(26-45)52-28-42(49,33-10-5-6-11-33)32-8-3-2-4-9-32/h2-4,8-9,12-15,23-24,29,31,33,38-39,43,47,49H,5-7,10-11,16-22,25-28H2,1H3,(H-,44,46,48)/p+1/t29?,31?,38-,39-,42+,45?/m0/s1. The average molecular weight is 715 g/mol. The summed E-state index contributed by atoms with van der Waals surface area (Å²) in [6, 6.07) is 21.4. The number of amides is 1. The molecule has 1 aliphatic carbocycles. The number of piperidine rings is 3. The van der Waals surface area contributed by atoms with Crippen molar-refractivity contribution in [2.24, 2.45) is 11.8 Å². The lowest BCUT2D eigenvalue weighted by atomic mass is 9.80. The Balaban J connectivity index is 0.847. The number of aliphatic hydroxyl groups is 2. The molecule has 8 rings (SSSR count). The summed E-state index contributed by atoms with van der Waals surface area (Å²) in [5.74, 6) is 1.76. The molecule has 1 unspecified atom stereocenters. The second-order valence-corrected chi connectivity index (χ2v) is 15.8. The number of carbonyl (C=O) groups excluding carboxylic acids is 1. The van der Waals surface area contributed by atoms with E-state index < -0.39 is 11.7 Å². The molecule has 4 fully saturated rings. The molecule has 4 atom stereocenters. The predicted octanol–water partition coefficient (Wildman–Crippen LogP) is 5.45. The smallest absolute Gasteiger partial charge is 0.262 e. The van der Waals surface area contributed by atoms with Crippen LogP contribution in [0, 0.1) is 11.8 Å². The molecule has 3 aromatic carbocycles. The molecule has 10 heteroatoms. The lowest BCUT2D eigenvalue weighted by molar-refractivity contribution is -0.946. The number of anilines is 1. The van der Waals surface area contributed by atoms with Gasteiger partial charge in [-0.3, -0.25) is 4.79 Å². The zero-order chi connectivity index (χ0) is 36.1. The van der Waals surface area contributed by atoms with E-state index in [1.54, 1.807) is 0 Å². The first-order valence-corrected chi connectivity index (χ1v) is 19.4. The van der Waals surface area contributed by atoms with E-state index in [9.17, 15) is 20.1 Å². The zero-order valence-corrected chi connectivity index (χ0v) is 30.5. The summed E-state index contributed by atoms with van der Waals surface area (Å²) < 4.78 is 19.6. The van der Waals surface area contributed by atoms with Crippen molar-refractivity contribution in [3.05, 3.63) is 83.4 Å². The highest BCUT2D eigenvalue weighted by molar-refractivity contribution is 5.96. The summed E-state index contributed by atoms with van der Waals surface area (Å²) in [5.41, 5.74) is 2.04. The minimum absolute atomic E-state index is 0.0455. The summed E-state index contributed by atoms with van der Waals surface area (Å²) >= 11 is 0. The van der Waals surface area contributed by atoms with Crippen LogP contribution in [0.4, 0.5) is 5.69 Å². The number of hydrogen-bond donors (Lipinski definition) is 5. The quantitative estimate of drug-likeness (QED) is 0.0980. The first-order chi connectivity index (χ1) is 25.2. The number of fused-ring (bicyclic) bond motifs is 4. The van der Waals surface area contributed by atoms with Crippen molar-refractivity contribution in [3.63, 3.8) is 0 Å². The molecule has 52 heavy (non-hydrogen) atoms. The third kappa shape index (κ3) is 8.42. The van der Waals surface area contributed by atoms with Crippen molar-refractivity contribution >= 4 is 11.6 Å². The van der Waals surface area contributed by atoms with Gasteiger partial charge in [-0.15, -0.1) is 0 Å². The molecular formula is C42H56N3O7+. The number of rotatable bonds is 16. The predicted molar refractivity (Wildman–Crippen MR) is 199 cm³/mol. The fraction of sp³-hybridized carbons (Fsp3) is 0.548. The number of hydrogen-bond acceptors (Lipinski definition) is 8. The molecular weight excluding hydrogens is 658 g/mol. The highest BCUT2D eigenvalue weighted by atomic mass is 16.5. The number of nitrogens with zero attached hydrogens (tertiary/aromatic N) is 1. The van der Waals surface area contributed by atoms with Gasteiger partial charge in [0.05, 0.1) is 44.6 Å². The van der Waals surface area contributed by atoms with Crippen molar-refractivity contribution in [1.29, 1.82) is 0 Å². The van der Waals surface area contributed by atoms with Crippen LogP contribution in [0.15, 0.2) is 66.7 Å². The number of nitrogens with one attached hydrogen (secondary N) is 2. The average Bonchev–Trinajstić information content (AvgIpc) is 3.72. The summed E-state index contributed by atoms with van der Waals surface area (Å²) in [7, 11) is 0. The van der Waals surface area contributed by atoms with Crippen LogP contribution in [-0.4, -0.2) is 90.4 Å². The third-order valence-corrected chi connectivity index (χ3v) is 12.1. The number of ether oxygens (including phenoxy) is 3. The Hall–Kier alpha value is -3.67. The van der Waals surface area contributed by atoms with Gasteiger partial charge in [-0.25, -0.2) is 0 Å². The van der Waals surface area contributed by atoms with Crippen LogP contribution in [0.3, 0.4) is 0 Å². The van der Waals surface area contributed by atoms with Crippen molar-refractivity contribution in [2.45, 2.75) is 82.1 Å². The molecule has 5 N–H and O–H groups in total. The summed E-state index contributed by atoms with van der Waals surface area (Å²) in [6.45, 7) is 7.78. The van der Waals surface area contributed by atoms with Gasteiger partial charge >= 0.3 is 0 Å². The Morgan fingerprint density at radius 1 is 1.04 bits per heavy atom. The van der Waals surface area contributed by atoms with E-state index in [0.717, 1.165) is 60.1 Å². The van der Waals surface area contributed by atoms with Gasteiger partial charge in [-0.2, -0.15) is 0 Å². The second kappa shape index (κ2) is 16.1. The molecule has 5 aliphatic rings. The minimum Gasteiger partial charge on any atom is -0.508 e. The van der Waals surface area contributed by atoms with Gasteiger partial charge in [0, 0.05) is 49.4 Å². The molecule has 1 saturated carbocycles. The molecule has 0 radical (unpaired) electrons. The third-order valence-electron chi connectivity index (χ3n) is 12.1. The van der Waals surface area contributed by atoms with Crippen LogP contribution in [0.1, 0.15) is 74.7 Å². The summed E-state index contributed by atoms with van der Waals surface area (Å²) in [4.78, 5) is 11.7. The van der Waals surface area contributed by atoms with Crippen molar-refractivity contribution in [3.8, 4) is 17.2 Å². The number of carbonyl (C=O) groups is 1. The largest absolute Gasteiger partial charge is 0.508 e. The van der Waals surface area contributed by atoms with Gasteiger partial charge in [0.25, 0.3) is 5.91 Å². The first-order valence-electron chi connectivity index (χ1n) is 19.4. The van der Waals surface area contributed by atoms with Crippen LogP contribution in [0.2, 0.25) is 0 Å². The molecule has 0 aromatic heterocycles. The molecule has 4 heterocycles. The maximum absolute atomic E-state index is 12.0. The van der Waals surface area contributed by atoms with E-state index in [0.29, 0.717) is 36.1 Å². The SMILES string of the molecule is CC(Cc1ccc(OCCC[N+]23CCC(CC2)[C@@H](OC[C@@](O)(c2ccccc2)C2CCCC2)C3)cc1)NC[C@H](O)c1cc(O)cc2c1OCC(=O)N2. The van der Waals surface area contributed by atoms with E-state index in [4.69, 9.17) is 14.2 Å². The van der Waals surface area contributed by atoms with Crippen LogP contribution in [0.5, 0.6) is 17.2 Å². The Morgan fingerprint density at radius 2 is 1.79 bits per heavy atom. The molecule has 280 valence electrons. The van der Waals surface area contributed by atoms with E-state index in [-0.39, 0.29) is 42.9 Å². The van der Waals surface area contributed by atoms with Crippen LogP contribution in [0.25, 0.3) is 0 Å². The molecule has 3 aromatic rings. The summed E-state index contributed by atoms with van der Waals surface area (Å²) in [5, 5.41) is 39.1. The Kier molecular flexibility index (Phi) is 11.4. The maximum atomic E-state index is 12.0. The monoisotopic (exact) mass is 714 g/mol. The normalized spacial score (nSPS) is 25.1. The van der Waals surface area contributed by atoms with E-state index in [1.807, 2.05) is 30.3 Å². The van der Waals surface area contributed by atoms with Crippen molar-refractivity contribution in [2.75, 3.05) is 57.9 Å². The molecule has 1 amide bonds. The van der Waals surface area contributed by atoms with Crippen molar-refractivity contribution < 1.29 is 38.8 Å². The Morgan fingerprint density at radius 3 is 2.54 bits per heavy atom. The highest BCUT2D eigenvalue weighted by Gasteiger charge is 2.48. The van der Waals surface area contributed by atoms with Crippen LogP contribution in [-0.2, 0) is 21.6 Å². The number of aliphatic hydroxyl groups excluding tert-OH is 1. The number of quaternary nitrogens is 1. The Bertz CT molecular complexity index is 1640.